The highest BCUT2D eigenvalue weighted by atomic mass is 32.2. The molecule has 1 aromatic heterocycles. The van der Waals surface area contributed by atoms with E-state index in [-0.39, 0.29) is 12.1 Å². The molecule has 2 heterocycles. The zero-order valence-electron chi connectivity index (χ0n) is 20.5. The second-order valence-electron chi connectivity index (χ2n) is 9.54. The molecule has 5 nitrogen and oxygen atoms in total. The van der Waals surface area contributed by atoms with Crippen molar-refractivity contribution in [2.75, 3.05) is 26.2 Å². The number of urea groups is 1. The number of aromatic nitrogens is 1. The molecule has 1 fully saturated rings. The molecule has 3 atom stereocenters. The quantitative estimate of drug-likeness (QED) is 0.449. The lowest BCUT2D eigenvalue weighted by Gasteiger charge is -2.47. The van der Waals surface area contributed by atoms with E-state index in [2.05, 4.69) is 70.7 Å². The highest BCUT2D eigenvalue weighted by molar-refractivity contribution is 7.99. The van der Waals surface area contributed by atoms with E-state index in [1.807, 2.05) is 30.5 Å². The van der Waals surface area contributed by atoms with E-state index in [1.165, 1.54) is 32.0 Å². The second-order valence-corrected chi connectivity index (χ2v) is 10.6. The molecule has 2 aliphatic rings. The molecule has 2 amide bonds. The first-order valence-corrected chi connectivity index (χ1v) is 13.6. The molecular weight excluding hydrogens is 440 g/mol. The fraction of sp³-hybridized carbons (Fsp3) is 0.464. The number of piperidine rings is 1. The lowest BCUT2D eigenvalue weighted by Crippen LogP contribution is -2.57. The smallest absolute Gasteiger partial charge is 0.317 e. The van der Waals surface area contributed by atoms with E-state index >= 15 is 0 Å². The van der Waals surface area contributed by atoms with E-state index in [1.54, 1.807) is 0 Å². The molecular formula is C28H36N4OS. The summed E-state index contributed by atoms with van der Waals surface area (Å²) in [4.78, 5) is 22.4. The van der Waals surface area contributed by atoms with Crippen LogP contribution in [0.4, 0.5) is 4.79 Å². The van der Waals surface area contributed by atoms with Gasteiger partial charge >= 0.3 is 6.03 Å². The van der Waals surface area contributed by atoms with Crippen molar-refractivity contribution in [1.29, 1.82) is 0 Å². The maximum absolute atomic E-state index is 12.9. The molecule has 0 spiro atoms. The summed E-state index contributed by atoms with van der Waals surface area (Å²) < 4.78 is 0. The Labute approximate surface area is 207 Å². The number of nitrogens with zero attached hydrogens (tertiary/aromatic N) is 2. The number of nitrogens with one attached hydrogen (secondary N) is 2. The van der Waals surface area contributed by atoms with E-state index < -0.39 is 0 Å². The Hall–Kier alpha value is -2.44. The molecule has 1 aliphatic carbocycles. The third-order valence-electron chi connectivity index (χ3n) is 7.51. The largest absolute Gasteiger partial charge is 0.349 e. The van der Waals surface area contributed by atoms with Gasteiger partial charge in [0, 0.05) is 53.4 Å². The SMILES string of the molecule is CCCN1C[C@@H](NC(=O)N(CC)CC)CC2c3cccc4[nH]c(Sc5ccccc5)c(c34)C[C@H]21. The normalized spacial score (nSPS) is 21.9. The van der Waals surface area contributed by atoms with Crippen LogP contribution in [0.1, 0.15) is 50.7 Å². The summed E-state index contributed by atoms with van der Waals surface area (Å²) in [7, 11) is 0. The first-order valence-electron chi connectivity index (χ1n) is 12.8. The Balaban J connectivity index is 1.49. The summed E-state index contributed by atoms with van der Waals surface area (Å²) >= 11 is 1.84. The second kappa shape index (κ2) is 10.0. The van der Waals surface area contributed by atoms with Gasteiger partial charge in [-0.15, -0.1) is 0 Å². The van der Waals surface area contributed by atoms with Crippen molar-refractivity contribution < 1.29 is 4.79 Å². The van der Waals surface area contributed by atoms with Crippen molar-refractivity contribution in [2.24, 2.45) is 0 Å². The first kappa shape index (κ1) is 23.3. The Morgan fingerprint density at radius 3 is 2.65 bits per heavy atom. The summed E-state index contributed by atoms with van der Waals surface area (Å²) in [5.74, 6) is 0.434. The van der Waals surface area contributed by atoms with E-state index in [9.17, 15) is 4.79 Å². The molecule has 2 N–H and O–H groups in total. The van der Waals surface area contributed by atoms with Crippen LogP contribution in [0, 0.1) is 0 Å². The zero-order valence-corrected chi connectivity index (χ0v) is 21.3. The molecule has 5 rings (SSSR count). The number of rotatable bonds is 7. The van der Waals surface area contributed by atoms with Crippen LogP contribution >= 0.6 is 11.8 Å². The molecule has 0 radical (unpaired) electrons. The van der Waals surface area contributed by atoms with Crippen molar-refractivity contribution in [2.45, 2.75) is 68.0 Å². The van der Waals surface area contributed by atoms with Gasteiger partial charge in [0.2, 0.25) is 0 Å². The molecule has 6 heteroatoms. The predicted molar refractivity (Wildman–Crippen MR) is 141 cm³/mol. The monoisotopic (exact) mass is 476 g/mol. The van der Waals surface area contributed by atoms with Crippen molar-refractivity contribution >= 4 is 28.7 Å². The predicted octanol–water partition coefficient (Wildman–Crippen LogP) is 5.86. The van der Waals surface area contributed by atoms with Crippen LogP contribution in [-0.4, -0.2) is 59.1 Å². The number of carbonyl (C=O) groups is 1. The number of amides is 2. The minimum absolute atomic E-state index is 0.0720. The Kier molecular flexibility index (Phi) is 6.89. The number of benzene rings is 2. The van der Waals surface area contributed by atoms with Crippen LogP contribution in [0.5, 0.6) is 0 Å². The highest BCUT2D eigenvalue weighted by Gasteiger charge is 2.42. The summed E-state index contributed by atoms with van der Waals surface area (Å²) in [6, 6.07) is 18.1. The average Bonchev–Trinajstić information content (AvgIpc) is 3.19. The summed E-state index contributed by atoms with van der Waals surface area (Å²) in [5, 5.41) is 6.06. The minimum Gasteiger partial charge on any atom is -0.349 e. The minimum atomic E-state index is 0.0720. The number of H-pyrrole nitrogens is 1. The number of hydrogen-bond donors (Lipinski definition) is 2. The van der Waals surface area contributed by atoms with Crippen molar-refractivity contribution in [3.63, 3.8) is 0 Å². The maximum atomic E-state index is 12.9. The fourth-order valence-electron chi connectivity index (χ4n) is 5.97. The number of carbonyl (C=O) groups excluding carboxylic acids is 1. The van der Waals surface area contributed by atoms with Gasteiger partial charge in [-0.25, -0.2) is 4.79 Å². The van der Waals surface area contributed by atoms with Gasteiger partial charge < -0.3 is 15.2 Å². The Morgan fingerprint density at radius 2 is 1.91 bits per heavy atom. The number of hydrogen-bond acceptors (Lipinski definition) is 3. The van der Waals surface area contributed by atoms with Crippen molar-refractivity contribution in [3.8, 4) is 0 Å². The van der Waals surface area contributed by atoms with Crippen LogP contribution in [0.3, 0.4) is 0 Å². The Morgan fingerprint density at radius 1 is 1.12 bits per heavy atom. The van der Waals surface area contributed by atoms with Crippen LogP contribution < -0.4 is 5.32 Å². The van der Waals surface area contributed by atoms with Gasteiger partial charge in [-0.3, -0.25) is 4.90 Å². The molecule has 1 aliphatic heterocycles. The van der Waals surface area contributed by atoms with E-state index in [0.29, 0.717) is 12.0 Å². The lowest BCUT2D eigenvalue weighted by atomic mass is 9.73. The third-order valence-corrected chi connectivity index (χ3v) is 8.57. The summed E-state index contributed by atoms with van der Waals surface area (Å²) in [6.07, 6.45) is 3.19. The van der Waals surface area contributed by atoms with Crippen LogP contribution in [0.2, 0.25) is 0 Å². The molecule has 2 aromatic carbocycles. The van der Waals surface area contributed by atoms with Gasteiger partial charge in [-0.2, -0.15) is 0 Å². The molecule has 34 heavy (non-hydrogen) atoms. The number of fused-ring (bicyclic) bond motifs is 2. The molecule has 1 unspecified atom stereocenters. The highest BCUT2D eigenvalue weighted by Crippen LogP contribution is 2.47. The molecule has 0 bridgehead atoms. The lowest BCUT2D eigenvalue weighted by molar-refractivity contribution is 0.0976. The molecule has 3 aromatic rings. The fourth-order valence-corrected chi connectivity index (χ4v) is 6.97. The van der Waals surface area contributed by atoms with E-state index in [0.717, 1.165) is 45.4 Å². The number of likely N-dealkylation sites (tertiary alicyclic amines) is 1. The molecule has 0 saturated carbocycles. The van der Waals surface area contributed by atoms with Gasteiger partial charge in [0.05, 0.1) is 5.03 Å². The standard InChI is InChI=1S/C28H36N4OS/c1-4-15-32-18-19(29-28(33)31(5-2)6-3)16-22-21-13-10-14-24-26(21)23(17-25(22)32)27(30-24)34-20-11-8-7-9-12-20/h7-14,19,22,25,30H,4-6,15-18H2,1-3H3,(H,29,33)/t19-,22?,25+/m0/s1. The van der Waals surface area contributed by atoms with Crippen molar-refractivity contribution in [3.05, 3.63) is 59.7 Å². The van der Waals surface area contributed by atoms with Crippen LogP contribution in [0.15, 0.2) is 58.5 Å². The van der Waals surface area contributed by atoms with E-state index in [4.69, 9.17) is 0 Å². The van der Waals surface area contributed by atoms with Crippen molar-refractivity contribution in [1.82, 2.24) is 20.1 Å². The zero-order chi connectivity index (χ0) is 23.7. The average molecular weight is 477 g/mol. The Bertz CT molecular complexity index is 1140. The molecule has 1 saturated heterocycles. The topological polar surface area (TPSA) is 51.4 Å². The van der Waals surface area contributed by atoms with Crippen LogP contribution in [0.25, 0.3) is 10.9 Å². The summed E-state index contributed by atoms with van der Waals surface area (Å²) in [5.41, 5.74) is 4.15. The van der Waals surface area contributed by atoms with Gasteiger partial charge in [-0.1, -0.05) is 49.0 Å². The van der Waals surface area contributed by atoms with Gasteiger partial charge in [0.25, 0.3) is 0 Å². The van der Waals surface area contributed by atoms with Crippen LogP contribution in [-0.2, 0) is 6.42 Å². The third kappa shape index (κ3) is 4.34. The molecule has 180 valence electrons. The first-order chi connectivity index (χ1) is 16.6. The van der Waals surface area contributed by atoms with Gasteiger partial charge in [0.1, 0.15) is 0 Å². The number of aromatic amines is 1. The van der Waals surface area contributed by atoms with Gasteiger partial charge in [-0.05, 0) is 69.0 Å². The maximum Gasteiger partial charge on any atom is 0.317 e. The van der Waals surface area contributed by atoms with Gasteiger partial charge in [0.15, 0.2) is 0 Å². The summed E-state index contributed by atoms with van der Waals surface area (Å²) in [6.45, 7) is 9.83.